The lowest BCUT2D eigenvalue weighted by atomic mass is 10.6. The van der Waals surface area contributed by atoms with E-state index in [0.29, 0.717) is 17.8 Å². The maximum absolute atomic E-state index is 10.8. The second-order valence-corrected chi connectivity index (χ2v) is 2.84. The predicted molar refractivity (Wildman–Crippen MR) is 46.9 cm³/mol. The topological polar surface area (TPSA) is 55.1 Å². The first-order valence-corrected chi connectivity index (χ1v) is 4.58. The van der Waals surface area contributed by atoms with Gasteiger partial charge in [0.15, 0.2) is 0 Å². The van der Waals surface area contributed by atoms with Crippen LogP contribution in [0.25, 0.3) is 0 Å². The number of alkyl halides is 1. The van der Waals surface area contributed by atoms with Crippen molar-refractivity contribution in [2.45, 2.75) is 13.5 Å². The fraction of sp³-hybridized carbons (Fsp3) is 0.429. The van der Waals surface area contributed by atoms with E-state index in [2.05, 4.69) is 26.2 Å². The van der Waals surface area contributed by atoms with Gasteiger partial charge in [-0.25, -0.2) is 4.98 Å². The highest BCUT2D eigenvalue weighted by Crippen LogP contribution is 2.00. The highest BCUT2D eigenvalue weighted by atomic mass is 79.9. The first-order chi connectivity index (χ1) is 5.72. The fourth-order valence-electron chi connectivity index (χ4n) is 0.705. The molecule has 0 unspecified atom stereocenters. The molecule has 0 aliphatic carbocycles. The third kappa shape index (κ3) is 2.65. The maximum Gasteiger partial charge on any atom is 0.231 e. The summed E-state index contributed by atoms with van der Waals surface area (Å²) in [6.45, 7) is 2.15. The molecule has 0 bridgehead atoms. The second-order valence-electron chi connectivity index (χ2n) is 2.28. The van der Waals surface area contributed by atoms with Crippen LogP contribution in [0.5, 0.6) is 0 Å². The number of carbonyl (C=O) groups excluding carboxylic acids is 1. The zero-order valence-corrected chi connectivity index (χ0v) is 8.22. The molecule has 4 nitrogen and oxygen atoms in total. The molecular formula is C7H9BrN2O2. The lowest BCUT2D eigenvalue weighted by Crippen LogP contribution is -2.23. The van der Waals surface area contributed by atoms with Crippen LogP contribution in [0.1, 0.15) is 11.7 Å². The Morgan fingerprint density at radius 3 is 3.08 bits per heavy atom. The van der Waals surface area contributed by atoms with E-state index in [-0.39, 0.29) is 5.91 Å². The van der Waals surface area contributed by atoms with Crippen LogP contribution in [0.2, 0.25) is 0 Å². The lowest BCUT2D eigenvalue weighted by molar-refractivity contribution is -0.118. The minimum atomic E-state index is -0.0779. The number of oxazole rings is 1. The van der Waals surface area contributed by atoms with Crippen LogP contribution >= 0.6 is 15.9 Å². The van der Waals surface area contributed by atoms with Gasteiger partial charge >= 0.3 is 0 Å². The van der Waals surface area contributed by atoms with E-state index in [1.54, 1.807) is 6.20 Å². The van der Waals surface area contributed by atoms with Gasteiger partial charge in [-0.05, 0) is 6.92 Å². The smallest absolute Gasteiger partial charge is 0.231 e. The normalized spacial score (nSPS) is 9.83. The van der Waals surface area contributed by atoms with Gasteiger partial charge in [0.05, 0.1) is 18.1 Å². The molecule has 1 rings (SSSR count). The van der Waals surface area contributed by atoms with Crippen LogP contribution in [-0.2, 0) is 11.3 Å². The first-order valence-electron chi connectivity index (χ1n) is 3.46. The van der Waals surface area contributed by atoms with E-state index in [9.17, 15) is 4.79 Å². The molecule has 0 saturated carbocycles. The Labute approximate surface area is 78.5 Å². The van der Waals surface area contributed by atoms with Gasteiger partial charge in [0.1, 0.15) is 5.76 Å². The summed E-state index contributed by atoms with van der Waals surface area (Å²) in [7, 11) is 0. The van der Waals surface area contributed by atoms with Gasteiger partial charge in [-0.2, -0.15) is 0 Å². The molecule has 1 heterocycles. The highest BCUT2D eigenvalue weighted by molar-refractivity contribution is 9.09. The number of hydrogen-bond acceptors (Lipinski definition) is 3. The van der Waals surface area contributed by atoms with Gasteiger partial charge in [-0.1, -0.05) is 15.9 Å². The Morgan fingerprint density at radius 1 is 1.83 bits per heavy atom. The maximum atomic E-state index is 10.8. The van der Waals surface area contributed by atoms with E-state index >= 15 is 0 Å². The largest absolute Gasteiger partial charge is 0.444 e. The molecule has 0 spiro atoms. The molecule has 5 heteroatoms. The molecule has 0 radical (unpaired) electrons. The van der Waals surface area contributed by atoms with Crippen molar-refractivity contribution in [1.29, 1.82) is 0 Å². The van der Waals surface area contributed by atoms with E-state index in [4.69, 9.17) is 4.42 Å². The summed E-state index contributed by atoms with van der Waals surface area (Å²) in [6, 6.07) is 0. The molecule has 1 N–H and O–H groups in total. The SMILES string of the molecule is Cc1cnc(CNC(=O)CBr)o1. The minimum absolute atomic E-state index is 0.0779. The van der Waals surface area contributed by atoms with Gasteiger partial charge in [-0.15, -0.1) is 0 Å². The fourth-order valence-corrected chi connectivity index (χ4v) is 0.903. The molecule has 1 aromatic heterocycles. The molecule has 0 atom stereocenters. The van der Waals surface area contributed by atoms with Gasteiger partial charge in [0.25, 0.3) is 0 Å². The zero-order valence-electron chi connectivity index (χ0n) is 6.63. The van der Waals surface area contributed by atoms with Crippen molar-refractivity contribution in [2.24, 2.45) is 0 Å². The van der Waals surface area contributed by atoms with Crippen molar-refractivity contribution >= 4 is 21.8 Å². The number of halogens is 1. The molecule has 0 aliphatic rings. The van der Waals surface area contributed by atoms with Crippen molar-refractivity contribution in [3.63, 3.8) is 0 Å². The second kappa shape index (κ2) is 4.25. The summed E-state index contributed by atoms with van der Waals surface area (Å²) < 4.78 is 5.14. The Morgan fingerprint density at radius 2 is 2.58 bits per heavy atom. The minimum Gasteiger partial charge on any atom is -0.444 e. The van der Waals surface area contributed by atoms with Crippen molar-refractivity contribution in [3.8, 4) is 0 Å². The zero-order chi connectivity index (χ0) is 8.97. The van der Waals surface area contributed by atoms with Gasteiger partial charge in [0.2, 0.25) is 11.8 Å². The van der Waals surface area contributed by atoms with Crippen LogP contribution in [0.4, 0.5) is 0 Å². The Bertz CT molecular complexity index is 272. The molecule has 1 amide bonds. The Balaban J connectivity index is 2.38. The molecule has 0 aliphatic heterocycles. The number of hydrogen-bond donors (Lipinski definition) is 1. The molecule has 1 aromatic rings. The van der Waals surface area contributed by atoms with Gasteiger partial charge < -0.3 is 9.73 Å². The van der Waals surface area contributed by atoms with Gasteiger partial charge in [0, 0.05) is 0 Å². The molecule has 0 aromatic carbocycles. The quantitative estimate of drug-likeness (QED) is 0.792. The number of aryl methyl sites for hydroxylation is 1. The predicted octanol–water partition coefficient (Wildman–Crippen LogP) is 0.994. The van der Waals surface area contributed by atoms with Crippen LogP contribution in [0.3, 0.4) is 0 Å². The number of carbonyl (C=O) groups is 1. The third-order valence-corrected chi connectivity index (χ3v) is 1.74. The summed E-state index contributed by atoms with van der Waals surface area (Å²) in [5, 5.41) is 2.92. The molecular weight excluding hydrogens is 224 g/mol. The molecule has 0 saturated heterocycles. The number of amides is 1. The van der Waals surface area contributed by atoms with E-state index in [0.717, 1.165) is 5.76 Å². The van der Waals surface area contributed by atoms with Crippen molar-refractivity contribution in [3.05, 3.63) is 17.8 Å². The summed E-state index contributed by atoms with van der Waals surface area (Å²) in [5.41, 5.74) is 0. The molecule has 0 fully saturated rings. The summed E-state index contributed by atoms with van der Waals surface area (Å²) >= 11 is 3.03. The van der Waals surface area contributed by atoms with Crippen molar-refractivity contribution in [1.82, 2.24) is 10.3 Å². The average molecular weight is 233 g/mol. The number of nitrogens with one attached hydrogen (secondary N) is 1. The van der Waals surface area contributed by atoms with Crippen LogP contribution in [0, 0.1) is 6.92 Å². The highest BCUT2D eigenvalue weighted by Gasteiger charge is 2.02. The summed E-state index contributed by atoms with van der Waals surface area (Å²) in [4.78, 5) is 14.7. The monoisotopic (exact) mass is 232 g/mol. The van der Waals surface area contributed by atoms with Crippen LogP contribution in [0.15, 0.2) is 10.6 Å². The van der Waals surface area contributed by atoms with E-state index in [1.807, 2.05) is 6.92 Å². The Kier molecular flexibility index (Phi) is 3.28. The Hall–Kier alpha value is -0.840. The lowest BCUT2D eigenvalue weighted by Gasteiger charge is -1.97. The van der Waals surface area contributed by atoms with E-state index < -0.39 is 0 Å². The first kappa shape index (κ1) is 9.25. The standard InChI is InChI=1S/C7H9BrN2O2/c1-5-3-10-7(12-5)4-9-6(11)2-8/h3H,2,4H2,1H3,(H,9,11). The number of rotatable bonds is 3. The van der Waals surface area contributed by atoms with Crippen molar-refractivity contribution in [2.75, 3.05) is 5.33 Å². The number of nitrogens with zero attached hydrogens (tertiary/aromatic N) is 1. The number of aromatic nitrogens is 1. The molecule has 12 heavy (non-hydrogen) atoms. The molecule has 66 valence electrons. The van der Waals surface area contributed by atoms with Gasteiger partial charge in [-0.3, -0.25) is 4.79 Å². The van der Waals surface area contributed by atoms with Crippen LogP contribution in [-0.4, -0.2) is 16.2 Å². The average Bonchev–Trinajstić information content (AvgIpc) is 2.47. The third-order valence-electron chi connectivity index (χ3n) is 1.23. The summed E-state index contributed by atoms with van der Waals surface area (Å²) in [6.07, 6.45) is 1.62. The van der Waals surface area contributed by atoms with Crippen molar-refractivity contribution < 1.29 is 9.21 Å². The van der Waals surface area contributed by atoms with E-state index in [1.165, 1.54) is 0 Å². The van der Waals surface area contributed by atoms with Crippen LogP contribution < -0.4 is 5.32 Å². The summed E-state index contributed by atoms with van der Waals surface area (Å²) in [5.74, 6) is 1.20.